The number of pyridine rings is 1. The molecule has 0 radical (unpaired) electrons. The third-order valence-electron chi connectivity index (χ3n) is 2.40. The van der Waals surface area contributed by atoms with Crippen LogP contribution in [0.2, 0.25) is 0 Å². The first-order valence-corrected chi connectivity index (χ1v) is 6.06. The van der Waals surface area contributed by atoms with Gasteiger partial charge in [-0.3, -0.25) is 19.7 Å². The average molecular weight is 296 g/mol. The topological polar surface area (TPSA) is 157 Å². The van der Waals surface area contributed by atoms with E-state index in [2.05, 4.69) is 10.3 Å². The van der Waals surface area contributed by atoms with Gasteiger partial charge in [-0.15, -0.1) is 0 Å². The number of carbonyl (C=O) groups is 2. The van der Waals surface area contributed by atoms with E-state index >= 15 is 0 Å². The van der Waals surface area contributed by atoms with Crippen LogP contribution in [-0.2, 0) is 9.59 Å². The number of carbonyl (C=O) groups excluding carboxylic acids is 2. The minimum atomic E-state index is -0.763. The van der Waals surface area contributed by atoms with Crippen LogP contribution in [0.1, 0.15) is 6.92 Å². The molecule has 0 aliphatic rings. The van der Waals surface area contributed by atoms with E-state index in [1.807, 2.05) is 6.92 Å². The molecule has 2 amide bonds. The molecule has 1 aromatic rings. The summed E-state index contributed by atoms with van der Waals surface area (Å²) in [5.74, 6) is -1.30. The van der Waals surface area contributed by atoms with Crippen LogP contribution < -0.4 is 21.7 Å². The molecule has 1 aromatic heterocycles. The highest BCUT2D eigenvalue weighted by atomic mass is 16.6. The fraction of sp³-hybridized carbons (Fsp3) is 0.364. The molecule has 0 aliphatic heterocycles. The average Bonchev–Trinajstić information content (AvgIpc) is 2.36. The molecule has 0 bridgehead atoms. The number of nitro groups is 1. The molecule has 0 unspecified atom stereocenters. The predicted molar refractivity (Wildman–Crippen MR) is 75.7 cm³/mol. The summed E-state index contributed by atoms with van der Waals surface area (Å²) >= 11 is 0. The molecule has 10 nitrogen and oxygen atoms in total. The summed E-state index contributed by atoms with van der Waals surface area (Å²) < 4.78 is 0. The normalized spacial score (nSPS) is 9.95. The molecule has 0 atom stereocenters. The summed E-state index contributed by atoms with van der Waals surface area (Å²) in [6.45, 7) is 1.56. The molecule has 0 saturated heterocycles. The van der Waals surface area contributed by atoms with Crippen molar-refractivity contribution in [3.05, 3.63) is 22.2 Å². The Balaban J connectivity index is 3.29. The fourth-order valence-electron chi connectivity index (χ4n) is 1.68. The van der Waals surface area contributed by atoms with Crippen LogP contribution >= 0.6 is 0 Å². The Labute approximate surface area is 120 Å². The van der Waals surface area contributed by atoms with E-state index in [1.54, 1.807) is 0 Å². The van der Waals surface area contributed by atoms with Crippen LogP contribution in [0.5, 0.6) is 0 Å². The van der Waals surface area contributed by atoms with Crippen LogP contribution in [0.3, 0.4) is 0 Å². The number of hydrogen-bond donors (Lipinski definition) is 3. The number of primary amides is 2. The largest absolute Gasteiger partial charge is 0.370 e. The first-order valence-electron chi connectivity index (χ1n) is 6.06. The zero-order valence-corrected chi connectivity index (χ0v) is 11.4. The molecule has 0 aromatic carbocycles. The second-order valence-corrected chi connectivity index (χ2v) is 4.12. The molecule has 21 heavy (non-hydrogen) atoms. The molecule has 0 aliphatic carbocycles. The molecule has 0 saturated carbocycles. The minimum absolute atomic E-state index is 0.143. The molecule has 0 fully saturated rings. The lowest BCUT2D eigenvalue weighted by atomic mass is 10.3. The van der Waals surface area contributed by atoms with Crippen molar-refractivity contribution >= 4 is 29.1 Å². The van der Waals surface area contributed by atoms with Gasteiger partial charge in [0.2, 0.25) is 17.6 Å². The number of nitrogens with one attached hydrogen (secondary N) is 1. The summed E-state index contributed by atoms with van der Waals surface area (Å²) in [4.78, 5) is 37.7. The lowest BCUT2D eigenvalue weighted by molar-refractivity contribution is -0.384. The van der Waals surface area contributed by atoms with Crippen LogP contribution in [0.15, 0.2) is 12.1 Å². The molecule has 114 valence electrons. The van der Waals surface area contributed by atoms with Crippen molar-refractivity contribution in [3.8, 4) is 0 Å². The maximum atomic E-state index is 11.1. The Bertz CT molecular complexity index is 546. The Morgan fingerprint density at radius 1 is 1.33 bits per heavy atom. The molecule has 5 N–H and O–H groups in total. The second kappa shape index (κ2) is 7.03. The van der Waals surface area contributed by atoms with Gasteiger partial charge >= 0.3 is 5.69 Å². The quantitative estimate of drug-likeness (QED) is 0.418. The van der Waals surface area contributed by atoms with Crippen LogP contribution in [0.4, 0.5) is 17.3 Å². The number of hydrogen-bond acceptors (Lipinski definition) is 7. The molecule has 1 rings (SSSR count). The van der Waals surface area contributed by atoms with Gasteiger partial charge in [-0.25, -0.2) is 4.98 Å². The number of rotatable bonds is 8. The fourth-order valence-corrected chi connectivity index (χ4v) is 1.68. The van der Waals surface area contributed by atoms with Gasteiger partial charge in [-0.1, -0.05) is 0 Å². The smallest absolute Gasteiger partial charge is 0.311 e. The van der Waals surface area contributed by atoms with E-state index in [0.717, 1.165) is 4.90 Å². The standard InChI is InChI=1S/C11H16N6O4/c1-2-14-10-4-3-7(17(20)21)11(15-10)16(5-8(12)18)6-9(13)19/h3-4H,2,5-6H2,1H3,(H2,12,18)(H2,13,19)(H,14,15). The van der Waals surface area contributed by atoms with Gasteiger partial charge in [0.25, 0.3) is 0 Å². The lowest BCUT2D eigenvalue weighted by Crippen LogP contribution is -2.40. The molecule has 1 heterocycles. The number of aromatic nitrogens is 1. The molecule has 10 heteroatoms. The van der Waals surface area contributed by atoms with Crippen molar-refractivity contribution in [2.75, 3.05) is 29.9 Å². The molecular weight excluding hydrogens is 280 g/mol. The Morgan fingerprint density at radius 2 is 1.90 bits per heavy atom. The van der Waals surface area contributed by atoms with Crippen molar-refractivity contribution in [1.82, 2.24) is 4.98 Å². The Hall–Kier alpha value is -2.91. The van der Waals surface area contributed by atoms with Gasteiger partial charge in [0.05, 0.1) is 18.0 Å². The predicted octanol–water partition coefficient (Wildman–Crippen LogP) is -0.801. The maximum absolute atomic E-state index is 11.1. The van der Waals surface area contributed by atoms with Crippen molar-refractivity contribution in [1.29, 1.82) is 0 Å². The highest BCUT2D eigenvalue weighted by molar-refractivity contribution is 5.85. The van der Waals surface area contributed by atoms with E-state index in [0.29, 0.717) is 12.4 Å². The van der Waals surface area contributed by atoms with E-state index in [9.17, 15) is 19.7 Å². The van der Waals surface area contributed by atoms with Crippen LogP contribution in [-0.4, -0.2) is 41.4 Å². The summed E-state index contributed by atoms with van der Waals surface area (Å²) in [5, 5.41) is 13.9. The second-order valence-electron chi connectivity index (χ2n) is 4.12. The number of nitrogens with two attached hydrogens (primary N) is 2. The highest BCUT2D eigenvalue weighted by Gasteiger charge is 2.24. The van der Waals surface area contributed by atoms with Crippen molar-refractivity contribution in [2.24, 2.45) is 11.5 Å². The van der Waals surface area contributed by atoms with Crippen molar-refractivity contribution < 1.29 is 14.5 Å². The van der Waals surface area contributed by atoms with E-state index < -0.39 is 29.8 Å². The van der Waals surface area contributed by atoms with Gasteiger partial charge in [0.1, 0.15) is 5.82 Å². The summed E-state index contributed by atoms with van der Waals surface area (Å²) in [7, 11) is 0. The number of anilines is 2. The van der Waals surface area contributed by atoms with E-state index in [4.69, 9.17) is 11.5 Å². The maximum Gasteiger partial charge on any atom is 0.311 e. The monoisotopic (exact) mass is 296 g/mol. The number of nitrogens with zero attached hydrogens (tertiary/aromatic N) is 3. The van der Waals surface area contributed by atoms with Crippen molar-refractivity contribution in [2.45, 2.75) is 6.92 Å². The third kappa shape index (κ3) is 4.60. The van der Waals surface area contributed by atoms with E-state index in [-0.39, 0.29) is 11.5 Å². The first-order chi connectivity index (χ1) is 9.85. The van der Waals surface area contributed by atoms with Crippen LogP contribution in [0, 0.1) is 10.1 Å². The van der Waals surface area contributed by atoms with Gasteiger partial charge in [0.15, 0.2) is 0 Å². The number of amides is 2. The third-order valence-corrected chi connectivity index (χ3v) is 2.40. The SMILES string of the molecule is CCNc1ccc([N+](=O)[O-])c(N(CC(N)=O)CC(N)=O)n1. The lowest BCUT2D eigenvalue weighted by Gasteiger charge is -2.20. The van der Waals surface area contributed by atoms with Gasteiger partial charge < -0.3 is 21.7 Å². The summed E-state index contributed by atoms with van der Waals surface area (Å²) in [5.41, 5.74) is 9.82. The summed E-state index contributed by atoms with van der Waals surface area (Å²) in [6.07, 6.45) is 0. The van der Waals surface area contributed by atoms with Gasteiger partial charge in [-0.2, -0.15) is 0 Å². The van der Waals surface area contributed by atoms with Gasteiger partial charge in [-0.05, 0) is 13.0 Å². The van der Waals surface area contributed by atoms with Gasteiger partial charge in [0, 0.05) is 12.6 Å². The molecule has 0 spiro atoms. The van der Waals surface area contributed by atoms with Crippen molar-refractivity contribution in [3.63, 3.8) is 0 Å². The zero-order chi connectivity index (χ0) is 16.0. The first kappa shape index (κ1) is 16.1. The highest BCUT2D eigenvalue weighted by Crippen LogP contribution is 2.27. The zero-order valence-electron chi connectivity index (χ0n) is 11.4. The Kier molecular flexibility index (Phi) is 5.40. The minimum Gasteiger partial charge on any atom is -0.370 e. The van der Waals surface area contributed by atoms with E-state index in [1.165, 1.54) is 12.1 Å². The summed E-state index contributed by atoms with van der Waals surface area (Å²) in [6, 6.07) is 2.66. The molecular formula is C11H16N6O4. The Morgan fingerprint density at radius 3 is 2.33 bits per heavy atom. The van der Waals surface area contributed by atoms with Crippen LogP contribution in [0.25, 0.3) is 0 Å².